The second-order valence-electron chi connectivity index (χ2n) is 9.12. The van der Waals surface area contributed by atoms with E-state index in [9.17, 15) is 9.18 Å². The summed E-state index contributed by atoms with van der Waals surface area (Å²) in [5, 5.41) is 0. The average Bonchev–Trinajstić information content (AvgIpc) is 2.82. The fraction of sp³-hybridized carbons (Fsp3) is 0.333. The average molecular weight is 460 g/mol. The summed E-state index contributed by atoms with van der Waals surface area (Å²) in [6, 6.07) is 14.3. The Morgan fingerprint density at radius 3 is 2.26 bits per heavy atom. The van der Waals surface area contributed by atoms with Crippen molar-refractivity contribution in [1.29, 1.82) is 0 Å². The predicted octanol–water partition coefficient (Wildman–Crippen LogP) is 8.34. The van der Waals surface area contributed by atoms with Crippen molar-refractivity contribution in [2.24, 2.45) is 0 Å². The van der Waals surface area contributed by atoms with Gasteiger partial charge in [0, 0.05) is 28.3 Å². The Kier molecular flexibility index (Phi) is 8.75. The molecule has 0 fully saturated rings. The topological polar surface area (TPSA) is 39.2 Å². The summed E-state index contributed by atoms with van der Waals surface area (Å²) in [4.78, 5) is 17.4. The van der Waals surface area contributed by atoms with Gasteiger partial charge in [0.1, 0.15) is 18.2 Å². The van der Waals surface area contributed by atoms with Crippen molar-refractivity contribution in [2.45, 2.75) is 65.9 Å². The molecule has 0 amide bonds. The number of ether oxygens (including phenoxy) is 1. The molecule has 0 radical (unpaired) electrons. The largest absolute Gasteiger partial charge is 0.488 e. The molecule has 0 saturated heterocycles. The van der Waals surface area contributed by atoms with Crippen LogP contribution in [-0.4, -0.2) is 11.3 Å². The predicted molar refractivity (Wildman–Crippen MR) is 138 cm³/mol. The van der Waals surface area contributed by atoms with Gasteiger partial charge in [-0.3, -0.25) is 9.78 Å². The van der Waals surface area contributed by atoms with Gasteiger partial charge in [0.2, 0.25) is 0 Å². The Balaban J connectivity index is 2.29. The SMILES string of the molecule is CCC/C=C/c1c(C(C)C)nc(C(C)C)c(C=O)c1-c1ccc(F)cc1OCc1ccccc1. The van der Waals surface area contributed by atoms with Crippen LogP contribution in [-0.2, 0) is 6.61 Å². The maximum Gasteiger partial charge on any atom is 0.152 e. The number of allylic oxidation sites excluding steroid dienone is 1. The third-order valence-corrected chi connectivity index (χ3v) is 5.73. The van der Waals surface area contributed by atoms with E-state index >= 15 is 0 Å². The summed E-state index contributed by atoms with van der Waals surface area (Å²) < 4.78 is 20.5. The van der Waals surface area contributed by atoms with Gasteiger partial charge in [0.05, 0.1) is 11.4 Å². The number of carbonyl (C=O) groups excluding carboxylic acids is 1. The van der Waals surface area contributed by atoms with Crippen LogP contribution in [0, 0.1) is 5.82 Å². The molecular weight excluding hydrogens is 425 g/mol. The Hall–Kier alpha value is -3.27. The van der Waals surface area contributed by atoms with Crippen LogP contribution in [0.2, 0.25) is 0 Å². The molecule has 0 atom stereocenters. The lowest BCUT2D eigenvalue weighted by Gasteiger charge is -2.22. The standard InChI is InChI=1S/C30H34FNO2/c1-6-7-9-14-25-28(26(18-33)30(21(4)5)32-29(25)20(2)3)24-16-15-23(31)17-27(24)34-19-22-12-10-8-11-13-22/h8-18,20-21H,6-7,19H2,1-5H3/b14-9+. The summed E-state index contributed by atoms with van der Waals surface area (Å²) in [6.45, 7) is 10.7. The lowest BCUT2D eigenvalue weighted by Crippen LogP contribution is -2.10. The molecule has 3 rings (SSSR count). The van der Waals surface area contributed by atoms with Crippen LogP contribution in [0.4, 0.5) is 4.39 Å². The van der Waals surface area contributed by atoms with Crippen LogP contribution in [0.3, 0.4) is 0 Å². The van der Waals surface area contributed by atoms with Crippen LogP contribution in [0.25, 0.3) is 17.2 Å². The van der Waals surface area contributed by atoms with Gasteiger partial charge in [0.15, 0.2) is 6.29 Å². The number of unbranched alkanes of at least 4 members (excludes halogenated alkanes) is 1. The molecule has 2 aromatic carbocycles. The molecule has 0 unspecified atom stereocenters. The number of nitrogens with zero attached hydrogens (tertiary/aromatic N) is 1. The maximum atomic E-state index is 14.4. The molecule has 178 valence electrons. The van der Waals surface area contributed by atoms with Gasteiger partial charge in [-0.25, -0.2) is 4.39 Å². The van der Waals surface area contributed by atoms with Crippen LogP contribution in [0.5, 0.6) is 5.75 Å². The Labute approximate surface area is 202 Å². The second-order valence-corrected chi connectivity index (χ2v) is 9.12. The molecule has 1 aromatic heterocycles. The first-order valence-corrected chi connectivity index (χ1v) is 12.0. The zero-order chi connectivity index (χ0) is 24.7. The molecule has 0 N–H and O–H groups in total. The number of carbonyl (C=O) groups is 1. The van der Waals surface area contributed by atoms with E-state index in [2.05, 4.69) is 32.9 Å². The van der Waals surface area contributed by atoms with Crippen molar-refractivity contribution >= 4 is 12.4 Å². The summed E-state index contributed by atoms with van der Waals surface area (Å²) >= 11 is 0. The minimum absolute atomic E-state index is 0.0549. The third-order valence-electron chi connectivity index (χ3n) is 5.73. The summed E-state index contributed by atoms with van der Waals surface area (Å²) in [6.07, 6.45) is 6.99. The Bertz CT molecular complexity index is 1150. The van der Waals surface area contributed by atoms with E-state index in [1.165, 1.54) is 12.1 Å². The van der Waals surface area contributed by atoms with Crippen LogP contribution in [0.15, 0.2) is 54.6 Å². The van der Waals surface area contributed by atoms with E-state index < -0.39 is 0 Å². The number of benzene rings is 2. The van der Waals surface area contributed by atoms with Crippen molar-refractivity contribution in [1.82, 2.24) is 4.98 Å². The van der Waals surface area contributed by atoms with Gasteiger partial charge in [0.25, 0.3) is 0 Å². The molecule has 0 aliphatic heterocycles. The van der Waals surface area contributed by atoms with Crippen molar-refractivity contribution in [3.8, 4) is 16.9 Å². The number of hydrogen-bond acceptors (Lipinski definition) is 3. The lowest BCUT2D eigenvalue weighted by atomic mass is 9.87. The first-order chi connectivity index (χ1) is 16.4. The first-order valence-electron chi connectivity index (χ1n) is 12.0. The molecule has 0 saturated carbocycles. The Morgan fingerprint density at radius 2 is 1.65 bits per heavy atom. The normalized spacial score (nSPS) is 11.5. The van der Waals surface area contributed by atoms with E-state index in [1.807, 2.05) is 44.2 Å². The second kappa shape index (κ2) is 11.7. The highest BCUT2D eigenvalue weighted by Gasteiger charge is 2.24. The van der Waals surface area contributed by atoms with Crippen LogP contribution >= 0.6 is 0 Å². The van der Waals surface area contributed by atoms with E-state index in [4.69, 9.17) is 9.72 Å². The monoisotopic (exact) mass is 459 g/mol. The lowest BCUT2D eigenvalue weighted by molar-refractivity contribution is 0.112. The highest BCUT2D eigenvalue weighted by Crippen LogP contribution is 2.41. The molecule has 4 heteroatoms. The van der Waals surface area contributed by atoms with E-state index in [-0.39, 0.29) is 17.7 Å². The number of pyridine rings is 1. The summed E-state index contributed by atoms with van der Waals surface area (Å²) in [5.74, 6) is 0.226. The number of rotatable bonds is 10. The summed E-state index contributed by atoms with van der Waals surface area (Å²) in [7, 11) is 0. The number of hydrogen-bond donors (Lipinski definition) is 0. The minimum atomic E-state index is -0.384. The molecule has 0 aliphatic rings. The van der Waals surface area contributed by atoms with Gasteiger partial charge in [-0.1, -0.05) is 83.5 Å². The molecule has 34 heavy (non-hydrogen) atoms. The minimum Gasteiger partial charge on any atom is -0.488 e. The molecule has 0 spiro atoms. The number of aromatic nitrogens is 1. The molecule has 0 bridgehead atoms. The highest BCUT2D eigenvalue weighted by atomic mass is 19.1. The molecule has 1 heterocycles. The molecular formula is C30H34FNO2. The third kappa shape index (κ3) is 5.80. The van der Waals surface area contributed by atoms with E-state index in [0.717, 1.165) is 47.2 Å². The highest BCUT2D eigenvalue weighted by molar-refractivity contribution is 5.95. The van der Waals surface area contributed by atoms with Gasteiger partial charge in [-0.2, -0.15) is 0 Å². The van der Waals surface area contributed by atoms with Gasteiger partial charge in [-0.05, 0) is 36.0 Å². The summed E-state index contributed by atoms with van der Waals surface area (Å²) in [5.41, 5.74) is 5.54. The van der Waals surface area contributed by atoms with Crippen LogP contribution < -0.4 is 4.74 Å². The molecule has 3 nitrogen and oxygen atoms in total. The first kappa shape index (κ1) is 25.4. The zero-order valence-electron chi connectivity index (χ0n) is 20.8. The Morgan fingerprint density at radius 1 is 0.971 bits per heavy atom. The van der Waals surface area contributed by atoms with E-state index in [0.29, 0.717) is 23.5 Å². The van der Waals surface area contributed by atoms with Crippen molar-refractivity contribution in [3.05, 3.63) is 88.5 Å². The smallest absolute Gasteiger partial charge is 0.152 e. The number of halogens is 1. The molecule has 3 aromatic rings. The van der Waals surface area contributed by atoms with Crippen molar-refractivity contribution in [2.75, 3.05) is 0 Å². The zero-order valence-corrected chi connectivity index (χ0v) is 20.8. The fourth-order valence-corrected chi connectivity index (χ4v) is 4.04. The van der Waals surface area contributed by atoms with Crippen molar-refractivity contribution in [3.63, 3.8) is 0 Å². The van der Waals surface area contributed by atoms with Gasteiger partial charge >= 0.3 is 0 Å². The van der Waals surface area contributed by atoms with Crippen LogP contribution in [0.1, 0.15) is 92.2 Å². The van der Waals surface area contributed by atoms with Crippen molar-refractivity contribution < 1.29 is 13.9 Å². The number of aldehydes is 1. The van der Waals surface area contributed by atoms with Gasteiger partial charge < -0.3 is 4.74 Å². The molecule has 0 aliphatic carbocycles. The quantitative estimate of drug-likeness (QED) is 0.286. The van der Waals surface area contributed by atoms with Gasteiger partial charge in [-0.15, -0.1) is 0 Å². The fourth-order valence-electron chi connectivity index (χ4n) is 4.04. The van der Waals surface area contributed by atoms with E-state index in [1.54, 1.807) is 6.07 Å². The maximum absolute atomic E-state index is 14.4.